The maximum atomic E-state index is 12.3. The Morgan fingerprint density at radius 3 is 2.69 bits per heavy atom. The molecule has 0 saturated heterocycles. The quantitative estimate of drug-likeness (QED) is 0.856. The Morgan fingerprint density at radius 2 is 1.92 bits per heavy atom. The Morgan fingerprint density at radius 1 is 1.15 bits per heavy atom. The van der Waals surface area contributed by atoms with E-state index in [1.807, 2.05) is 24.3 Å². The molecule has 3 rings (SSSR count). The minimum Gasteiger partial charge on any atom is -0.493 e. The molecule has 0 aliphatic carbocycles. The number of alkyl halides is 3. The summed E-state index contributed by atoms with van der Waals surface area (Å²) in [5.41, 5.74) is 0.989. The van der Waals surface area contributed by atoms with Crippen LogP contribution in [-0.4, -0.2) is 27.9 Å². The second-order valence-electron chi connectivity index (χ2n) is 5.86. The molecule has 26 heavy (non-hydrogen) atoms. The maximum Gasteiger partial charge on any atom is 0.573 e. The highest BCUT2D eigenvalue weighted by Gasteiger charge is 2.31. The first-order valence-corrected chi connectivity index (χ1v) is 9.27. The zero-order chi connectivity index (χ0) is 18.8. The third-order valence-electron chi connectivity index (χ3n) is 3.87. The predicted molar refractivity (Wildman–Crippen MR) is 87.4 cm³/mol. The Balaban J connectivity index is 1.65. The van der Waals surface area contributed by atoms with Crippen LogP contribution in [-0.2, 0) is 16.4 Å². The van der Waals surface area contributed by atoms with Crippen LogP contribution in [0.5, 0.6) is 11.5 Å². The summed E-state index contributed by atoms with van der Waals surface area (Å²) in [5.74, 6) is 0.119. The van der Waals surface area contributed by atoms with Crippen LogP contribution in [0.1, 0.15) is 5.56 Å². The van der Waals surface area contributed by atoms with E-state index in [1.165, 1.54) is 12.1 Å². The van der Waals surface area contributed by atoms with Gasteiger partial charge in [-0.2, -0.15) is 0 Å². The van der Waals surface area contributed by atoms with E-state index in [0.29, 0.717) is 13.0 Å². The second kappa shape index (κ2) is 7.16. The topological polar surface area (TPSA) is 64.6 Å². The summed E-state index contributed by atoms with van der Waals surface area (Å²) < 4.78 is 73.3. The molecule has 0 aromatic heterocycles. The minimum absolute atomic E-state index is 0.0747. The molecule has 2 aromatic carbocycles. The van der Waals surface area contributed by atoms with Crippen molar-refractivity contribution in [3.8, 4) is 11.5 Å². The van der Waals surface area contributed by atoms with E-state index in [0.717, 1.165) is 23.4 Å². The van der Waals surface area contributed by atoms with Gasteiger partial charge in [0.25, 0.3) is 0 Å². The molecule has 1 N–H and O–H groups in total. The van der Waals surface area contributed by atoms with Gasteiger partial charge in [-0.3, -0.25) is 0 Å². The third-order valence-corrected chi connectivity index (χ3v) is 5.29. The Kier molecular flexibility index (Phi) is 5.10. The van der Waals surface area contributed by atoms with E-state index in [9.17, 15) is 21.6 Å². The molecular formula is C17H16F3NO4S. The van der Waals surface area contributed by atoms with Gasteiger partial charge in [-0.05, 0) is 30.2 Å². The number of hydrogen-bond donors (Lipinski definition) is 1. The summed E-state index contributed by atoms with van der Waals surface area (Å²) in [6, 6.07) is 11.8. The van der Waals surface area contributed by atoms with Gasteiger partial charge in [-0.1, -0.05) is 24.3 Å². The molecule has 1 aliphatic heterocycles. The lowest BCUT2D eigenvalue weighted by atomic mass is 9.97. The van der Waals surface area contributed by atoms with Crippen LogP contribution in [0.2, 0.25) is 0 Å². The van der Waals surface area contributed by atoms with Gasteiger partial charge in [0.05, 0.1) is 11.5 Å². The molecule has 5 nitrogen and oxygen atoms in total. The van der Waals surface area contributed by atoms with Crippen molar-refractivity contribution in [1.29, 1.82) is 0 Å². The number of nitrogens with one attached hydrogen (secondary N) is 1. The zero-order valence-corrected chi connectivity index (χ0v) is 14.3. The second-order valence-corrected chi connectivity index (χ2v) is 7.63. The van der Waals surface area contributed by atoms with Crippen molar-refractivity contribution >= 4 is 10.0 Å². The minimum atomic E-state index is -4.89. The van der Waals surface area contributed by atoms with E-state index in [1.54, 1.807) is 0 Å². The Hall–Kier alpha value is -2.26. The van der Waals surface area contributed by atoms with Crippen molar-refractivity contribution in [1.82, 2.24) is 4.72 Å². The van der Waals surface area contributed by atoms with Gasteiger partial charge >= 0.3 is 6.36 Å². The van der Waals surface area contributed by atoms with E-state index in [-0.39, 0.29) is 17.4 Å². The monoisotopic (exact) mass is 387 g/mol. The van der Waals surface area contributed by atoms with Crippen LogP contribution in [0.3, 0.4) is 0 Å². The molecule has 0 fully saturated rings. The number of sulfonamides is 1. The predicted octanol–water partition coefficient (Wildman–Crippen LogP) is 3.11. The summed E-state index contributed by atoms with van der Waals surface area (Å²) in [4.78, 5) is -0.295. The van der Waals surface area contributed by atoms with Crippen molar-refractivity contribution in [2.45, 2.75) is 17.7 Å². The van der Waals surface area contributed by atoms with Crippen molar-refractivity contribution in [2.75, 3.05) is 13.2 Å². The molecule has 0 spiro atoms. The number of para-hydroxylation sites is 1. The standard InChI is InChI=1S/C17H16F3NO4S/c18-17(19,20)25-14-5-3-6-15(9-14)26(22,23)21-10-12-8-13-4-1-2-7-16(13)24-11-12/h1-7,9,12,21H,8,10-11H2. The van der Waals surface area contributed by atoms with Crippen LogP contribution in [0, 0.1) is 5.92 Å². The van der Waals surface area contributed by atoms with Crippen molar-refractivity contribution in [2.24, 2.45) is 5.92 Å². The van der Waals surface area contributed by atoms with Crippen LogP contribution >= 0.6 is 0 Å². The number of ether oxygens (including phenoxy) is 2. The average Bonchev–Trinajstić information content (AvgIpc) is 2.59. The lowest BCUT2D eigenvalue weighted by molar-refractivity contribution is -0.274. The van der Waals surface area contributed by atoms with Gasteiger partial charge in [-0.15, -0.1) is 13.2 Å². The van der Waals surface area contributed by atoms with E-state index in [4.69, 9.17) is 4.74 Å². The van der Waals surface area contributed by atoms with Gasteiger partial charge in [-0.25, -0.2) is 13.1 Å². The Bertz CT molecular complexity index is 884. The number of fused-ring (bicyclic) bond motifs is 1. The highest BCUT2D eigenvalue weighted by atomic mass is 32.2. The molecule has 1 unspecified atom stereocenters. The molecular weight excluding hydrogens is 371 g/mol. The van der Waals surface area contributed by atoms with Gasteiger partial charge in [0.1, 0.15) is 11.5 Å². The molecule has 0 amide bonds. The first kappa shape index (κ1) is 18.5. The van der Waals surface area contributed by atoms with Crippen LogP contribution < -0.4 is 14.2 Å². The molecule has 0 saturated carbocycles. The molecule has 2 aromatic rings. The fourth-order valence-electron chi connectivity index (χ4n) is 2.67. The van der Waals surface area contributed by atoms with E-state index >= 15 is 0 Å². The Labute approximate surface area is 148 Å². The molecule has 0 radical (unpaired) electrons. The number of hydrogen-bond acceptors (Lipinski definition) is 4. The smallest absolute Gasteiger partial charge is 0.493 e. The third kappa shape index (κ3) is 4.67. The zero-order valence-electron chi connectivity index (χ0n) is 13.5. The van der Waals surface area contributed by atoms with Crippen LogP contribution in [0.15, 0.2) is 53.4 Å². The van der Waals surface area contributed by atoms with Gasteiger partial charge in [0, 0.05) is 18.5 Å². The lowest BCUT2D eigenvalue weighted by Crippen LogP contribution is -2.34. The van der Waals surface area contributed by atoms with Gasteiger partial charge in [0.2, 0.25) is 10.0 Å². The van der Waals surface area contributed by atoms with Crippen molar-refractivity contribution < 1.29 is 31.1 Å². The molecule has 1 atom stereocenters. The average molecular weight is 387 g/mol. The fourth-order valence-corrected chi connectivity index (χ4v) is 3.82. The largest absolute Gasteiger partial charge is 0.573 e. The summed E-state index contributed by atoms with van der Waals surface area (Å²) in [7, 11) is -3.97. The summed E-state index contributed by atoms with van der Waals surface area (Å²) in [6.07, 6.45) is -4.24. The summed E-state index contributed by atoms with van der Waals surface area (Å²) >= 11 is 0. The fraction of sp³-hybridized carbons (Fsp3) is 0.294. The SMILES string of the molecule is O=S(=O)(NCC1COc2ccccc2C1)c1cccc(OC(F)(F)F)c1. The maximum absolute atomic E-state index is 12.3. The normalized spacial score (nSPS) is 17.3. The van der Waals surface area contributed by atoms with Crippen molar-refractivity contribution in [3.63, 3.8) is 0 Å². The molecule has 0 bridgehead atoms. The highest BCUT2D eigenvalue weighted by Crippen LogP contribution is 2.27. The lowest BCUT2D eigenvalue weighted by Gasteiger charge is -2.25. The molecule has 140 valence electrons. The summed E-state index contributed by atoms with van der Waals surface area (Å²) in [5, 5.41) is 0. The van der Waals surface area contributed by atoms with Crippen molar-refractivity contribution in [3.05, 3.63) is 54.1 Å². The first-order valence-electron chi connectivity index (χ1n) is 7.79. The van der Waals surface area contributed by atoms with Gasteiger partial charge in [0.15, 0.2) is 0 Å². The molecule has 1 aliphatic rings. The molecule has 1 heterocycles. The van der Waals surface area contributed by atoms with Crippen LogP contribution in [0.4, 0.5) is 13.2 Å². The first-order chi connectivity index (χ1) is 12.2. The summed E-state index contributed by atoms with van der Waals surface area (Å²) in [6.45, 7) is 0.470. The van der Waals surface area contributed by atoms with E-state index in [2.05, 4.69) is 9.46 Å². The number of rotatable bonds is 5. The molecule has 9 heteroatoms. The number of benzene rings is 2. The van der Waals surface area contributed by atoms with E-state index < -0.39 is 22.1 Å². The highest BCUT2D eigenvalue weighted by molar-refractivity contribution is 7.89. The van der Waals surface area contributed by atoms with Gasteiger partial charge < -0.3 is 9.47 Å². The number of halogens is 3. The van der Waals surface area contributed by atoms with Crippen LogP contribution in [0.25, 0.3) is 0 Å².